The summed E-state index contributed by atoms with van der Waals surface area (Å²) in [7, 11) is 0. The second-order valence-corrected chi connectivity index (χ2v) is 4.94. The normalized spacial score (nSPS) is 19.2. The first-order chi connectivity index (χ1) is 8.63. The number of aliphatic hydroxyl groups is 1. The third kappa shape index (κ3) is 2.48. The van der Waals surface area contributed by atoms with Crippen molar-refractivity contribution in [3.05, 3.63) is 29.8 Å². The highest BCUT2D eigenvalue weighted by Crippen LogP contribution is 2.33. The SMILES string of the molecule is CC(C)C(CO)NC(=O)C1COc2ccccc21. The van der Waals surface area contributed by atoms with Crippen molar-refractivity contribution >= 4 is 5.91 Å². The largest absolute Gasteiger partial charge is 0.492 e. The maximum absolute atomic E-state index is 12.2. The number of aliphatic hydroxyl groups excluding tert-OH is 1. The number of fused-ring (bicyclic) bond motifs is 1. The van der Waals surface area contributed by atoms with Gasteiger partial charge in [0.25, 0.3) is 0 Å². The minimum Gasteiger partial charge on any atom is -0.492 e. The molecule has 1 aliphatic heterocycles. The average Bonchev–Trinajstić information content (AvgIpc) is 2.79. The van der Waals surface area contributed by atoms with Crippen LogP contribution in [0.5, 0.6) is 5.75 Å². The van der Waals surface area contributed by atoms with Crippen molar-refractivity contribution in [1.29, 1.82) is 0 Å². The van der Waals surface area contributed by atoms with Gasteiger partial charge in [0.15, 0.2) is 0 Å². The highest BCUT2D eigenvalue weighted by Gasteiger charge is 2.31. The van der Waals surface area contributed by atoms with E-state index in [9.17, 15) is 9.90 Å². The summed E-state index contributed by atoms with van der Waals surface area (Å²) in [5.41, 5.74) is 0.926. The lowest BCUT2D eigenvalue weighted by molar-refractivity contribution is -0.124. The Labute approximate surface area is 107 Å². The molecule has 2 unspecified atom stereocenters. The van der Waals surface area contributed by atoms with Crippen LogP contribution in [-0.2, 0) is 4.79 Å². The molecule has 0 aliphatic carbocycles. The van der Waals surface area contributed by atoms with Gasteiger partial charge in [0.05, 0.1) is 12.6 Å². The Bertz CT molecular complexity index is 431. The number of ether oxygens (including phenoxy) is 1. The van der Waals surface area contributed by atoms with Gasteiger partial charge in [0.1, 0.15) is 18.3 Å². The minimum absolute atomic E-state index is 0.0430. The van der Waals surface area contributed by atoms with E-state index in [1.807, 2.05) is 38.1 Å². The van der Waals surface area contributed by atoms with Gasteiger partial charge in [0, 0.05) is 5.56 Å². The summed E-state index contributed by atoms with van der Waals surface area (Å²) in [4.78, 5) is 12.2. The molecule has 18 heavy (non-hydrogen) atoms. The fraction of sp³-hybridized carbons (Fsp3) is 0.500. The molecule has 98 valence electrons. The van der Waals surface area contributed by atoms with Crippen LogP contribution in [0.25, 0.3) is 0 Å². The van der Waals surface area contributed by atoms with E-state index in [0.29, 0.717) is 6.61 Å². The van der Waals surface area contributed by atoms with Crippen molar-refractivity contribution in [3.63, 3.8) is 0 Å². The molecule has 1 heterocycles. The number of carbonyl (C=O) groups is 1. The van der Waals surface area contributed by atoms with E-state index in [1.54, 1.807) is 0 Å². The number of amides is 1. The quantitative estimate of drug-likeness (QED) is 0.845. The van der Waals surface area contributed by atoms with Crippen LogP contribution in [0.3, 0.4) is 0 Å². The Balaban J connectivity index is 2.07. The zero-order valence-corrected chi connectivity index (χ0v) is 10.7. The molecule has 2 N–H and O–H groups in total. The Morgan fingerprint density at radius 1 is 1.50 bits per heavy atom. The summed E-state index contributed by atoms with van der Waals surface area (Å²) in [6.45, 7) is 4.28. The van der Waals surface area contributed by atoms with Gasteiger partial charge in [-0.1, -0.05) is 32.0 Å². The molecular weight excluding hydrogens is 230 g/mol. The highest BCUT2D eigenvalue weighted by atomic mass is 16.5. The first-order valence-corrected chi connectivity index (χ1v) is 6.26. The number of hydrogen-bond acceptors (Lipinski definition) is 3. The lowest BCUT2D eigenvalue weighted by atomic mass is 9.98. The molecular formula is C14H19NO3. The highest BCUT2D eigenvalue weighted by molar-refractivity contribution is 5.85. The first-order valence-electron chi connectivity index (χ1n) is 6.26. The summed E-state index contributed by atoms with van der Waals surface area (Å²) < 4.78 is 5.48. The predicted molar refractivity (Wildman–Crippen MR) is 68.5 cm³/mol. The molecule has 1 amide bonds. The molecule has 0 saturated carbocycles. The minimum atomic E-state index is -0.269. The number of nitrogens with one attached hydrogen (secondary N) is 1. The predicted octanol–water partition coefficient (Wildman–Crippen LogP) is 1.30. The summed E-state index contributed by atoms with van der Waals surface area (Å²) in [6, 6.07) is 7.37. The smallest absolute Gasteiger partial charge is 0.231 e. The Morgan fingerprint density at radius 3 is 2.89 bits per heavy atom. The molecule has 2 atom stereocenters. The second-order valence-electron chi connectivity index (χ2n) is 4.94. The van der Waals surface area contributed by atoms with Crippen LogP contribution in [0.4, 0.5) is 0 Å². The molecule has 1 aromatic carbocycles. The lowest BCUT2D eigenvalue weighted by Crippen LogP contribution is -2.43. The Morgan fingerprint density at radius 2 is 2.22 bits per heavy atom. The van der Waals surface area contributed by atoms with E-state index in [-0.39, 0.29) is 30.4 Å². The van der Waals surface area contributed by atoms with Crippen LogP contribution >= 0.6 is 0 Å². The van der Waals surface area contributed by atoms with Crippen LogP contribution in [-0.4, -0.2) is 30.3 Å². The van der Waals surface area contributed by atoms with Crippen molar-refractivity contribution in [1.82, 2.24) is 5.32 Å². The van der Waals surface area contributed by atoms with Crippen LogP contribution < -0.4 is 10.1 Å². The van der Waals surface area contributed by atoms with E-state index in [0.717, 1.165) is 11.3 Å². The topological polar surface area (TPSA) is 58.6 Å². The summed E-state index contributed by atoms with van der Waals surface area (Å²) in [5.74, 6) is 0.640. The van der Waals surface area contributed by atoms with Gasteiger partial charge in [0.2, 0.25) is 5.91 Å². The molecule has 4 heteroatoms. The van der Waals surface area contributed by atoms with Gasteiger partial charge in [-0.25, -0.2) is 0 Å². The molecule has 1 aliphatic rings. The molecule has 0 saturated heterocycles. The molecule has 0 radical (unpaired) electrons. The van der Waals surface area contributed by atoms with Crippen molar-refractivity contribution < 1.29 is 14.6 Å². The fourth-order valence-corrected chi connectivity index (χ4v) is 2.09. The number of benzene rings is 1. The lowest BCUT2D eigenvalue weighted by Gasteiger charge is -2.21. The molecule has 2 rings (SSSR count). The summed E-state index contributed by atoms with van der Waals surface area (Å²) in [5, 5.41) is 12.1. The monoisotopic (exact) mass is 249 g/mol. The van der Waals surface area contributed by atoms with Crippen molar-refractivity contribution in [2.24, 2.45) is 5.92 Å². The summed E-state index contributed by atoms with van der Waals surface area (Å²) >= 11 is 0. The third-order valence-electron chi connectivity index (χ3n) is 3.35. The first kappa shape index (κ1) is 12.9. The van der Waals surface area contributed by atoms with Crippen LogP contribution in [0, 0.1) is 5.92 Å². The van der Waals surface area contributed by atoms with Crippen molar-refractivity contribution in [3.8, 4) is 5.75 Å². The van der Waals surface area contributed by atoms with E-state index in [2.05, 4.69) is 5.32 Å². The Hall–Kier alpha value is -1.55. The van der Waals surface area contributed by atoms with Gasteiger partial charge in [-0.15, -0.1) is 0 Å². The molecule has 0 fully saturated rings. The third-order valence-corrected chi connectivity index (χ3v) is 3.35. The summed E-state index contributed by atoms with van der Waals surface area (Å²) in [6.07, 6.45) is 0. The number of carbonyl (C=O) groups excluding carboxylic acids is 1. The zero-order chi connectivity index (χ0) is 13.1. The second kappa shape index (κ2) is 5.40. The molecule has 0 aromatic heterocycles. The van der Waals surface area contributed by atoms with Crippen molar-refractivity contribution in [2.45, 2.75) is 25.8 Å². The molecule has 1 aromatic rings. The van der Waals surface area contributed by atoms with Gasteiger partial charge >= 0.3 is 0 Å². The molecule has 0 bridgehead atoms. The number of rotatable bonds is 4. The van der Waals surface area contributed by atoms with Crippen LogP contribution in [0.1, 0.15) is 25.3 Å². The molecule has 4 nitrogen and oxygen atoms in total. The molecule has 0 spiro atoms. The number of hydrogen-bond donors (Lipinski definition) is 2. The van der Waals surface area contributed by atoms with Gasteiger partial charge in [-0.2, -0.15) is 0 Å². The number of para-hydroxylation sites is 1. The Kier molecular flexibility index (Phi) is 3.87. The van der Waals surface area contributed by atoms with Gasteiger partial charge in [-0.05, 0) is 12.0 Å². The van der Waals surface area contributed by atoms with Crippen molar-refractivity contribution in [2.75, 3.05) is 13.2 Å². The van der Waals surface area contributed by atoms with Gasteiger partial charge < -0.3 is 15.2 Å². The van der Waals surface area contributed by atoms with E-state index >= 15 is 0 Å². The van der Waals surface area contributed by atoms with Crippen LogP contribution in [0.15, 0.2) is 24.3 Å². The van der Waals surface area contributed by atoms with E-state index in [4.69, 9.17) is 4.74 Å². The zero-order valence-electron chi connectivity index (χ0n) is 10.7. The maximum Gasteiger partial charge on any atom is 0.231 e. The van der Waals surface area contributed by atoms with Gasteiger partial charge in [-0.3, -0.25) is 4.79 Å². The maximum atomic E-state index is 12.2. The van der Waals surface area contributed by atoms with E-state index in [1.165, 1.54) is 0 Å². The van der Waals surface area contributed by atoms with Crippen LogP contribution in [0.2, 0.25) is 0 Å². The average molecular weight is 249 g/mol. The fourth-order valence-electron chi connectivity index (χ4n) is 2.09. The standard InChI is InChI=1S/C14H19NO3/c1-9(2)12(7-16)15-14(17)11-8-18-13-6-4-3-5-10(11)13/h3-6,9,11-12,16H,7-8H2,1-2H3,(H,15,17). The van der Waals surface area contributed by atoms with E-state index < -0.39 is 0 Å².